The second-order valence-corrected chi connectivity index (χ2v) is 5.85. The van der Waals surface area contributed by atoms with Crippen LogP contribution in [0, 0.1) is 0 Å². The number of hydrogen-bond donors (Lipinski definition) is 2. The Labute approximate surface area is 148 Å². The molecule has 134 valence electrons. The number of imidazole rings is 1. The van der Waals surface area contributed by atoms with E-state index < -0.39 is 0 Å². The first-order chi connectivity index (χ1) is 12.7. The number of nitrogen functional groups attached to an aromatic ring is 1. The Morgan fingerprint density at radius 1 is 1.15 bits per heavy atom. The summed E-state index contributed by atoms with van der Waals surface area (Å²) in [6.45, 7) is 1.11. The maximum Gasteiger partial charge on any atom is 0.328 e. The van der Waals surface area contributed by atoms with Gasteiger partial charge in [0.25, 0.3) is 0 Å². The summed E-state index contributed by atoms with van der Waals surface area (Å²) in [6, 6.07) is 5.59. The third-order valence-corrected chi connectivity index (χ3v) is 3.97. The highest BCUT2D eigenvalue weighted by atomic mass is 16.5. The molecule has 0 unspecified atom stereocenters. The van der Waals surface area contributed by atoms with Crippen LogP contribution in [0.4, 0.5) is 5.82 Å². The van der Waals surface area contributed by atoms with Gasteiger partial charge in [-0.2, -0.15) is 9.97 Å². The fraction of sp³-hybridized carbons (Fsp3) is 0.294. The Hall–Kier alpha value is -3.36. The maximum absolute atomic E-state index is 12.4. The molecule has 0 aromatic carbocycles. The van der Waals surface area contributed by atoms with Crippen molar-refractivity contribution in [2.24, 2.45) is 0 Å². The van der Waals surface area contributed by atoms with Gasteiger partial charge in [-0.25, -0.2) is 9.78 Å². The standard InChI is InChI=1S/C17H18N6O3/c18-14-13-15-22-16(21-14)26-9-4-2-1-3-8-25-12-7-5-6-11(19-12)10-23(15)17(24)20-13/h1,3,5-7H,2,4,8-10H2,(H,20,24)(H2,18,21,22)/b3-1+. The molecule has 3 aromatic heterocycles. The van der Waals surface area contributed by atoms with E-state index in [0.717, 1.165) is 12.8 Å². The summed E-state index contributed by atoms with van der Waals surface area (Å²) in [5, 5.41) is 0. The molecule has 0 saturated heterocycles. The van der Waals surface area contributed by atoms with Gasteiger partial charge in [0.15, 0.2) is 11.5 Å². The minimum atomic E-state index is -0.338. The van der Waals surface area contributed by atoms with Crippen molar-refractivity contribution in [3.05, 3.63) is 46.5 Å². The molecular formula is C17H18N6O3. The van der Waals surface area contributed by atoms with Gasteiger partial charge in [0.2, 0.25) is 5.88 Å². The minimum absolute atomic E-state index is 0.156. The monoisotopic (exact) mass is 354 g/mol. The number of nitrogens with zero attached hydrogens (tertiary/aromatic N) is 4. The molecule has 0 atom stereocenters. The minimum Gasteiger partial charge on any atom is -0.473 e. The molecule has 0 radical (unpaired) electrons. The van der Waals surface area contributed by atoms with Crippen molar-refractivity contribution in [1.82, 2.24) is 24.5 Å². The van der Waals surface area contributed by atoms with Gasteiger partial charge in [-0.05, 0) is 18.9 Å². The SMILES string of the molecule is Nc1nc2nc3c1[nH]c(=O)n3Cc1cccc(n1)OC/C=C/CCCO2. The number of nitrogens with one attached hydrogen (secondary N) is 1. The van der Waals surface area contributed by atoms with Crippen molar-refractivity contribution in [2.45, 2.75) is 19.4 Å². The van der Waals surface area contributed by atoms with Crippen LogP contribution >= 0.6 is 0 Å². The first kappa shape index (κ1) is 16.1. The normalized spacial score (nSPS) is 16.2. The zero-order valence-corrected chi connectivity index (χ0v) is 14.0. The van der Waals surface area contributed by atoms with E-state index in [2.05, 4.69) is 19.9 Å². The zero-order chi connectivity index (χ0) is 17.9. The fourth-order valence-electron chi connectivity index (χ4n) is 2.71. The number of rotatable bonds is 0. The highest BCUT2D eigenvalue weighted by Crippen LogP contribution is 2.19. The number of pyridine rings is 1. The molecule has 4 heterocycles. The zero-order valence-electron chi connectivity index (χ0n) is 14.0. The largest absolute Gasteiger partial charge is 0.473 e. The predicted molar refractivity (Wildman–Crippen MR) is 95.3 cm³/mol. The van der Waals surface area contributed by atoms with Crippen molar-refractivity contribution < 1.29 is 9.47 Å². The van der Waals surface area contributed by atoms with Crippen LogP contribution < -0.4 is 20.9 Å². The molecular weight excluding hydrogens is 336 g/mol. The average Bonchev–Trinajstić information content (AvgIpc) is 2.93. The molecule has 4 rings (SSSR count). The van der Waals surface area contributed by atoms with Crippen LogP contribution in [-0.2, 0) is 6.54 Å². The second-order valence-electron chi connectivity index (χ2n) is 5.85. The van der Waals surface area contributed by atoms with Crippen LogP contribution in [0.3, 0.4) is 0 Å². The third kappa shape index (κ3) is 3.23. The number of aromatic nitrogens is 5. The van der Waals surface area contributed by atoms with E-state index in [-0.39, 0.29) is 24.1 Å². The molecule has 26 heavy (non-hydrogen) atoms. The number of anilines is 1. The number of H-pyrrole nitrogens is 1. The maximum atomic E-state index is 12.4. The number of fused-ring (bicyclic) bond motifs is 3. The van der Waals surface area contributed by atoms with Crippen LogP contribution in [-0.4, -0.2) is 37.7 Å². The van der Waals surface area contributed by atoms with Crippen molar-refractivity contribution in [3.8, 4) is 11.9 Å². The van der Waals surface area contributed by atoms with Crippen molar-refractivity contribution in [2.75, 3.05) is 18.9 Å². The van der Waals surface area contributed by atoms with Gasteiger partial charge in [0.05, 0.1) is 18.8 Å². The quantitative estimate of drug-likeness (QED) is 0.583. The van der Waals surface area contributed by atoms with E-state index in [1.165, 1.54) is 4.57 Å². The lowest BCUT2D eigenvalue weighted by Gasteiger charge is -2.08. The second kappa shape index (κ2) is 6.87. The molecule has 1 aliphatic rings. The van der Waals surface area contributed by atoms with E-state index >= 15 is 0 Å². The van der Waals surface area contributed by atoms with Crippen LogP contribution in [0.5, 0.6) is 11.9 Å². The summed E-state index contributed by atoms with van der Waals surface area (Å²) < 4.78 is 12.7. The highest BCUT2D eigenvalue weighted by Gasteiger charge is 2.15. The van der Waals surface area contributed by atoms with E-state index in [1.54, 1.807) is 6.07 Å². The molecule has 0 saturated carbocycles. The molecule has 4 bridgehead atoms. The smallest absolute Gasteiger partial charge is 0.328 e. The number of nitrogens with two attached hydrogens (primary N) is 1. The van der Waals surface area contributed by atoms with Gasteiger partial charge >= 0.3 is 11.7 Å². The molecule has 0 aliphatic carbocycles. The van der Waals surface area contributed by atoms with E-state index in [0.29, 0.717) is 36.0 Å². The van der Waals surface area contributed by atoms with Crippen LogP contribution in [0.15, 0.2) is 35.1 Å². The van der Waals surface area contributed by atoms with Gasteiger partial charge in [-0.1, -0.05) is 18.2 Å². The lowest BCUT2D eigenvalue weighted by atomic mass is 10.3. The summed E-state index contributed by atoms with van der Waals surface area (Å²) in [5.41, 5.74) is 7.06. The van der Waals surface area contributed by atoms with E-state index in [9.17, 15) is 4.79 Å². The summed E-state index contributed by atoms with van der Waals surface area (Å²) in [4.78, 5) is 28.0. The fourth-order valence-corrected chi connectivity index (χ4v) is 2.71. The summed E-state index contributed by atoms with van der Waals surface area (Å²) in [6.07, 6.45) is 5.60. The number of aromatic amines is 1. The van der Waals surface area contributed by atoms with Crippen molar-refractivity contribution in [3.63, 3.8) is 0 Å². The van der Waals surface area contributed by atoms with Gasteiger partial charge in [-0.15, -0.1) is 0 Å². The first-order valence-corrected chi connectivity index (χ1v) is 8.33. The average molecular weight is 354 g/mol. The molecule has 3 N–H and O–H groups in total. The first-order valence-electron chi connectivity index (χ1n) is 8.33. The van der Waals surface area contributed by atoms with Crippen LogP contribution in [0.2, 0.25) is 0 Å². The van der Waals surface area contributed by atoms with Crippen molar-refractivity contribution >= 4 is 17.0 Å². The van der Waals surface area contributed by atoms with Gasteiger partial charge in [0.1, 0.15) is 12.1 Å². The number of hydrogen-bond acceptors (Lipinski definition) is 7. The van der Waals surface area contributed by atoms with Gasteiger partial charge in [-0.3, -0.25) is 4.57 Å². The van der Waals surface area contributed by atoms with E-state index in [1.807, 2.05) is 24.3 Å². The molecule has 0 fully saturated rings. The summed E-state index contributed by atoms with van der Waals surface area (Å²) in [7, 11) is 0. The van der Waals surface area contributed by atoms with Crippen LogP contribution in [0.25, 0.3) is 11.2 Å². The van der Waals surface area contributed by atoms with Crippen molar-refractivity contribution in [1.29, 1.82) is 0 Å². The predicted octanol–water partition coefficient (Wildman–Crippen LogP) is 1.25. The van der Waals surface area contributed by atoms with Gasteiger partial charge < -0.3 is 20.2 Å². The summed E-state index contributed by atoms with van der Waals surface area (Å²) in [5.74, 6) is 0.678. The van der Waals surface area contributed by atoms with Gasteiger partial charge in [0, 0.05) is 6.07 Å². The Morgan fingerprint density at radius 3 is 3.00 bits per heavy atom. The topological polar surface area (TPSA) is 121 Å². The Kier molecular flexibility index (Phi) is 4.26. The van der Waals surface area contributed by atoms with Crippen LogP contribution in [0.1, 0.15) is 18.5 Å². The molecule has 0 spiro atoms. The third-order valence-electron chi connectivity index (χ3n) is 3.97. The molecule has 1 aliphatic heterocycles. The molecule has 9 heteroatoms. The highest BCUT2D eigenvalue weighted by molar-refractivity contribution is 5.81. The molecule has 3 aromatic rings. The Balaban J connectivity index is 1.80. The number of allylic oxidation sites excluding steroid dienone is 1. The van der Waals surface area contributed by atoms with E-state index in [4.69, 9.17) is 15.2 Å². The Morgan fingerprint density at radius 2 is 2.08 bits per heavy atom. The lowest BCUT2D eigenvalue weighted by Crippen LogP contribution is -2.18. The number of ether oxygens (including phenoxy) is 2. The molecule has 0 amide bonds. The lowest BCUT2D eigenvalue weighted by molar-refractivity contribution is 0.288. The molecule has 9 nitrogen and oxygen atoms in total. The summed E-state index contributed by atoms with van der Waals surface area (Å²) >= 11 is 0. The Bertz CT molecular complexity index is 1020.